The first-order chi connectivity index (χ1) is 6.26. The molecular weight excluding hydrogens is 136 g/mol. The molecule has 0 amide bonds. The zero-order valence-corrected chi connectivity index (χ0v) is 6.80. The van der Waals surface area contributed by atoms with E-state index in [-0.39, 0.29) is 12.3 Å². The van der Waals surface area contributed by atoms with E-state index in [1.54, 1.807) is 6.08 Å². The van der Waals surface area contributed by atoms with Gasteiger partial charge in [-0.1, -0.05) is 24.3 Å². The molecule has 0 aromatic rings. The van der Waals surface area contributed by atoms with E-state index in [0.717, 1.165) is 5.57 Å². The Labute approximate surface area is 72.6 Å². The summed E-state index contributed by atoms with van der Waals surface area (Å²) in [5.41, 5.74) is -0.632. The normalized spacial score (nSPS) is 42.4. The summed E-state index contributed by atoms with van der Waals surface area (Å²) in [6.45, 7) is 3.40. The minimum Gasteiger partial charge on any atom is -0.386 e. The average Bonchev–Trinajstić information content (AvgIpc) is 2.03. The first kappa shape index (κ1) is 5.15. The molecule has 62 valence electrons. The van der Waals surface area contributed by atoms with Crippen LogP contribution in [0.1, 0.15) is 30.7 Å². The molecule has 1 nitrogen and oxygen atoms in total. The predicted molar refractivity (Wildman–Crippen MR) is 47.3 cm³/mol. The van der Waals surface area contributed by atoms with Crippen molar-refractivity contribution in [1.82, 2.24) is 0 Å². The molecule has 0 aliphatic heterocycles. The molecule has 0 spiro atoms. The minimum absolute atomic E-state index is 0.206. The predicted octanol–water partition coefficient (Wildman–Crippen LogP) is 2.28. The van der Waals surface area contributed by atoms with E-state index in [1.165, 1.54) is 6.08 Å². The number of rotatable bonds is 1. The number of aliphatic hydroxyl groups is 1. The number of hydrogen-bond donors (Lipinski definition) is 1. The van der Waals surface area contributed by atoms with Crippen molar-refractivity contribution in [3.05, 3.63) is 24.3 Å². The van der Waals surface area contributed by atoms with Crippen molar-refractivity contribution in [1.29, 1.82) is 0 Å². The molecular formula is C10H16O. The molecule has 1 rings (SSSR count). The summed E-state index contributed by atoms with van der Waals surface area (Å²) >= 11 is 0. The maximum atomic E-state index is 9.83. The zero-order valence-electron chi connectivity index (χ0n) is 9.80. The van der Waals surface area contributed by atoms with Crippen molar-refractivity contribution in [2.75, 3.05) is 0 Å². The van der Waals surface area contributed by atoms with Gasteiger partial charge in [0.25, 0.3) is 0 Å². The fraction of sp³-hybridized carbons (Fsp3) is 0.600. The first-order valence-electron chi connectivity index (χ1n) is 5.33. The Kier molecular flexibility index (Phi) is 1.32. The van der Waals surface area contributed by atoms with Crippen molar-refractivity contribution in [2.45, 2.75) is 32.2 Å². The van der Waals surface area contributed by atoms with Crippen LogP contribution in [0.2, 0.25) is 0 Å². The quantitative estimate of drug-likeness (QED) is 0.576. The molecule has 0 bridgehead atoms. The van der Waals surface area contributed by atoms with Crippen LogP contribution in [0.25, 0.3) is 0 Å². The van der Waals surface area contributed by atoms with Crippen LogP contribution in [0, 0.1) is 5.92 Å². The van der Waals surface area contributed by atoms with E-state index in [0.29, 0.717) is 6.42 Å². The largest absolute Gasteiger partial charge is 0.386 e. The van der Waals surface area contributed by atoms with Gasteiger partial charge < -0.3 is 5.11 Å². The molecule has 1 heteroatoms. The summed E-state index contributed by atoms with van der Waals surface area (Å²) in [6, 6.07) is 0. The summed E-state index contributed by atoms with van der Waals surface area (Å²) in [4.78, 5) is 0. The van der Waals surface area contributed by atoms with Crippen LogP contribution < -0.4 is 0 Å². The summed E-state index contributed by atoms with van der Waals surface area (Å²) < 4.78 is 21.6. The molecule has 0 aromatic heterocycles. The molecule has 1 aliphatic rings. The van der Waals surface area contributed by atoms with Crippen LogP contribution in [0.3, 0.4) is 0 Å². The molecule has 0 fully saturated rings. The lowest BCUT2D eigenvalue weighted by Gasteiger charge is -2.27. The molecule has 0 unspecified atom stereocenters. The third-order valence-corrected chi connectivity index (χ3v) is 2.07. The molecule has 1 aliphatic carbocycles. The summed E-state index contributed by atoms with van der Waals surface area (Å²) in [5, 5.41) is 9.83. The van der Waals surface area contributed by atoms with Gasteiger partial charge in [-0.25, -0.2) is 0 Å². The monoisotopic (exact) mass is 155 g/mol. The average molecular weight is 155 g/mol. The van der Waals surface area contributed by atoms with Gasteiger partial charge in [0.15, 0.2) is 0 Å². The van der Waals surface area contributed by atoms with Crippen molar-refractivity contribution in [2.24, 2.45) is 5.92 Å². The zero-order chi connectivity index (χ0) is 11.0. The Morgan fingerprint density at radius 3 is 3.00 bits per heavy atom. The molecule has 2 atom stereocenters. The van der Waals surface area contributed by atoms with Gasteiger partial charge in [-0.05, 0) is 32.5 Å². The third kappa shape index (κ3) is 2.19. The van der Waals surface area contributed by atoms with Crippen molar-refractivity contribution in [3.63, 3.8) is 0 Å². The summed E-state index contributed by atoms with van der Waals surface area (Å²) in [6.07, 6.45) is 4.08. The lowest BCUT2D eigenvalue weighted by molar-refractivity contribution is 0.0903. The molecule has 0 saturated heterocycles. The van der Waals surface area contributed by atoms with Gasteiger partial charge in [0, 0.05) is 4.11 Å². The Morgan fingerprint density at radius 1 is 1.91 bits per heavy atom. The highest BCUT2D eigenvalue weighted by atomic mass is 16.3. The SMILES string of the molecule is [2H]C([2H])([2H])[C@@]1(O)C=C[C@H](C(=C)C)CC1. The standard InChI is InChI=1S/C10H16O/c1-8(2)9-4-6-10(3,11)7-5-9/h4,6,9,11H,1,5,7H2,2-3H3/t9-,10+/m0/s1/i3D3. The Morgan fingerprint density at radius 2 is 2.64 bits per heavy atom. The van der Waals surface area contributed by atoms with Crippen molar-refractivity contribution in [3.8, 4) is 0 Å². The highest BCUT2D eigenvalue weighted by Crippen LogP contribution is 2.28. The molecule has 0 saturated carbocycles. The fourth-order valence-corrected chi connectivity index (χ4v) is 1.24. The van der Waals surface area contributed by atoms with Crippen LogP contribution in [0.5, 0.6) is 0 Å². The first-order valence-corrected chi connectivity index (χ1v) is 3.83. The van der Waals surface area contributed by atoms with Crippen LogP contribution in [0.4, 0.5) is 0 Å². The maximum Gasteiger partial charge on any atom is 0.0800 e. The molecule has 11 heavy (non-hydrogen) atoms. The van der Waals surface area contributed by atoms with Crippen LogP contribution in [-0.2, 0) is 0 Å². The van der Waals surface area contributed by atoms with Gasteiger partial charge in [0.05, 0.1) is 5.60 Å². The third-order valence-electron chi connectivity index (χ3n) is 2.07. The highest BCUT2D eigenvalue weighted by molar-refractivity contribution is 5.14. The second-order valence-corrected chi connectivity index (χ2v) is 3.27. The van der Waals surface area contributed by atoms with Crippen molar-refractivity contribution < 1.29 is 9.22 Å². The smallest absolute Gasteiger partial charge is 0.0800 e. The van der Waals surface area contributed by atoms with Crippen LogP contribution in [0.15, 0.2) is 24.3 Å². The van der Waals surface area contributed by atoms with Crippen LogP contribution in [-0.4, -0.2) is 10.7 Å². The van der Waals surface area contributed by atoms with Gasteiger partial charge >= 0.3 is 0 Å². The minimum atomic E-state index is -2.33. The Balaban J connectivity index is 2.82. The maximum absolute atomic E-state index is 9.83. The van der Waals surface area contributed by atoms with E-state index >= 15 is 0 Å². The molecule has 1 N–H and O–H groups in total. The topological polar surface area (TPSA) is 20.2 Å². The van der Waals surface area contributed by atoms with E-state index in [9.17, 15) is 5.11 Å². The lowest BCUT2D eigenvalue weighted by atomic mass is 9.84. The molecule has 0 heterocycles. The summed E-state index contributed by atoms with van der Waals surface area (Å²) in [5.74, 6) is 0.206. The van der Waals surface area contributed by atoms with E-state index in [2.05, 4.69) is 6.58 Å². The Bertz CT molecular complexity index is 267. The second-order valence-electron chi connectivity index (χ2n) is 3.27. The van der Waals surface area contributed by atoms with Gasteiger partial charge in [0.1, 0.15) is 0 Å². The number of hydrogen-bond acceptors (Lipinski definition) is 1. The van der Waals surface area contributed by atoms with E-state index < -0.39 is 12.5 Å². The van der Waals surface area contributed by atoms with Crippen molar-refractivity contribution >= 4 is 0 Å². The van der Waals surface area contributed by atoms with Crippen LogP contribution >= 0.6 is 0 Å². The molecule has 0 aromatic carbocycles. The summed E-state index contributed by atoms with van der Waals surface area (Å²) in [7, 11) is 0. The fourth-order valence-electron chi connectivity index (χ4n) is 1.24. The Hall–Kier alpha value is -0.560. The van der Waals surface area contributed by atoms with Gasteiger partial charge in [-0.15, -0.1) is 0 Å². The van der Waals surface area contributed by atoms with Gasteiger partial charge in [-0.2, -0.15) is 0 Å². The lowest BCUT2D eigenvalue weighted by Crippen LogP contribution is -2.25. The second kappa shape index (κ2) is 2.82. The molecule has 0 radical (unpaired) electrons. The van der Waals surface area contributed by atoms with E-state index in [1.807, 2.05) is 6.92 Å². The van der Waals surface area contributed by atoms with E-state index in [4.69, 9.17) is 4.11 Å². The number of allylic oxidation sites excluding steroid dienone is 2. The highest BCUT2D eigenvalue weighted by Gasteiger charge is 2.23. The van der Waals surface area contributed by atoms with Gasteiger partial charge in [0.2, 0.25) is 0 Å². The van der Waals surface area contributed by atoms with Gasteiger partial charge in [-0.3, -0.25) is 0 Å².